The van der Waals surface area contributed by atoms with Crippen molar-refractivity contribution in [1.29, 1.82) is 0 Å². The normalized spacial score (nSPS) is 20.4. The van der Waals surface area contributed by atoms with Gasteiger partial charge in [-0.1, -0.05) is 13.8 Å². The summed E-state index contributed by atoms with van der Waals surface area (Å²) >= 11 is 1.90. The van der Waals surface area contributed by atoms with Crippen molar-refractivity contribution in [1.82, 2.24) is 15.2 Å². The van der Waals surface area contributed by atoms with E-state index in [1.165, 1.54) is 54.5 Å². The zero-order valence-corrected chi connectivity index (χ0v) is 14.1. The molecule has 1 N–H and O–H groups in total. The predicted octanol–water partition coefficient (Wildman–Crippen LogP) is 3.23. The van der Waals surface area contributed by atoms with Crippen LogP contribution in [0.25, 0.3) is 0 Å². The van der Waals surface area contributed by atoms with E-state index in [1.807, 2.05) is 11.3 Å². The Morgan fingerprint density at radius 1 is 1.45 bits per heavy atom. The first-order chi connectivity index (χ1) is 9.69. The van der Waals surface area contributed by atoms with Crippen LogP contribution in [0.4, 0.5) is 0 Å². The van der Waals surface area contributed by atoms with Crippen molar-refractivity contribution >= 4 is 11.3 Å². The van der Waals surface area contributed by atoms with Crippen molar-refractivity contribution < 1.29 is 0 Å². The van der Waals surface area contributed by atoms with Crippen LogP contribution < -0.4 is 5.32 Å². The molecule has 1 atom stereocenters. The Balaban J connectivity index is 1.79. The number of hydrogen-bond acceptors (Lipinski definition) is 4. The molecule has 0 amide bonds. The lowest BCUT2D eigenvalue weighted by Crippen LogP contribution is -2.35. The van der Waals surface area contributed by atoms with Crippen molar-refractivity contribution in [3.05, 3.63) is 15.6 Å². The summed E-state index contributed by atoms with van der Waals surface area (Å²) in [7, 11) is 0. The molecule has 1 aromatic rings. The van der Waals surface area contributed by atoms with E-state index < -0.39 is 0 Å². The third-order valence-corrected chi connectivity index (χ3v) is 5.25. The second kappa shape index (κ2) is 8.11. The largest absolute Gasteiger partial charge is 0.312 e. The van der Waals surface area contributed by atoms with Crippen molar-refractivity contribution in [3.8, 4) is 0 Å². The van der Waals surface area contributed by atoms with Crippen molar-refractivity contribution in [2.24, 2.45) is 5.92 Å². The van der Waals surface area contributed by atoms with Crippen molar-refractivity contribution in [2.75, 3.05) is 26.2 Å². The van der Waals surface area contributed by atoms with Crippen molar-refractivity contribution in [3.63, 3.8) is 0 Å². The van der Waals surface area contributed by atoms with Gasteiger partial charge in [-0.05, 0) is 45.2 Å². The molecule has 20 heavy (non-hydrogen) atoms. The van der Waals surface area contributed by atoms with Crippen LogP contribution in [0.5, 0.6) is 0 Å². The lowest BCUT2D eigenvalue weighted by atomic mass is 10.0. The molecule has 0 bridgehead atoms. The molecule has 1 saturated heterocycles. The molecule has 0 saturated carbocycles. The highest BCUT2D eigenvalue weighted by Crippen LogP contribution is 2.20. The topological polar surface area (TPSA) is 28.2 Å². The summed E-state index contributed by atoms with van der Waals surface area (Å²) in [4.78, 5) is 8.77. The fourth-order valence-corrected chi connectivity index (χ4v) is 3.91. The Kier molecular flexibility index (Phi) is 6.46. The first-order valence-corrected chi connectivity index (χ1v) is 8.89. The second-order valence-electron chi connectivity index (χ2n) is 6.09. The summed E-state index contributed by atoms with van der Waals surface area (Å²) in [5, 5.41) is 4.79. The van der Waals surface area contributed by atoms with Gasteiger partial charge in [-0.3, -0.25) is 0 Å². The van der Waals surface area contributed by atoms with E-state index in [2.05, 4.69) is 31.0 Å². The van der Waals surface area contributed by atoms with Gasteiger partial charge >= 0.3 is 0 Å². The third kappa shape index (κ3) is 4.83. The molecule has 0 radical (unpaired) electrons. The monoisotopic (exact) mass is 295 g/mol. The van der Waals surface area contributed by atoms with Crippen molar-refractivity contribution in [2.45, 2.75) is 53.0 Å². The average Bonchev–Trinajstić information content (AvgIpc) is 2.78. The van der Waals surface area contributed by atoms with E-state index in [-0.39, 0.29) is 0 Å². The van der Waals surface area contributed by atoms with E-state index in [9.17, 15) is 0 Å². The van der Waals surface area contributed by atoms with Crippen LogP contribution in [0.2, 0.25) is 0 Å². The minimum Gasteiger partial charge on any atom is -0.312 e. The number of nitrogens with zero attached hydrogens (tertiary/aromatic N) is 2. The molecule has 2 rings (SSSR count). The van der Waals surface area contributed by atoms with Gasteiger partial charge < -0.3 is 10.2 Å². The van der Waals surface area contributed by atoms with Crippen LogP contribution in [0.1, 0.15) is 48.7 Å². The number of thiazole rings is 1. The maximum absolute atomic E-state index is 4.74. The molecule has 0 aromatic carbocycles. The Labute approximate surface area is 127 Å². The minimum absolute atomic E-state index is 0.871. The van der Waals surface area contributed by atoms with E-state index in [0.29, 0.717) is 0 Å². The highest BCUT2D eigenvalue weighted by molar-refractivity contribution is 7.11. The van der Waals surface area contributed by atoms with E-state index >= 15 is 0 Å². The molecule has 1 aliphatic rings. The molecule has 1 unspecified atom stereocenters. The fourth-order valence-electron chi connectivity index (χ4n) is 2.88. The van der Waals surface area contributed by atoms with Gasteiger partial charge in [-0.2, -0.15) is 0 Å². The Hall–Kier alpha value is -0.450. The average molecular weight is 295 g/mol. The van der Waals surface area contributed by atoms with Crippen LogP contribution in [-0.4, -0.2) is 36.1 Å². The van der Waals surface area contributed by atoms with E-state index in [4.69, 9.17) is 4.98 Å². The van der Waals surface area contributed by atoms with Gasteiger partial charge in [0.25, 0.3) is 0 Å². The molecule has 0 aliphatic carbocycles. The van der Waals surface area contributed by atoms with Gasteiger partial charge in [0.2, 0.25) is 0 Å². The van der Waals surface area contributed by atoms with Gasteiger partial charge in [0.05, 0.1) is 10.7 Å². The zero-order valence-electron chi connectivity index (χ0n) is 13.2. The standard InChI is InChI=1S/C16H29N3S/c1-4-8-17-11-15-14(3)18-16(20-15)7-10-19-9-5-6-13(2)12-19/h13,17H,4-12H2,1-3H3. The molecular weight excluding hydrogens is 266 g/mol. The molecule has 1 aliphatic heterocycles. The Morgan fingerprint density at radius 2 is 2.30 bits per heavy atom. The van der Waals surface area contributed by atoms with E-state index in [0.717, 1.165) is 25.4 Å². The summed E-state index contributed by atoms with van der Waals surface area (Å²) in [6.45, 7) is 12.5. The smallest absolute Gasteiger partial charge is 0.0944 e. The Bertz CT molecular complexity index is 402. The number of likely N-dealkylation sites (tertiary alicyclic amines) is 1. The van der Waals surface area contributed by atoms with Gasteiger partial charge in [-0.15, -0.1) is 11.3 Å². The highest BCUT2D eigenvalue weighted by atomic mass is 32.1. The molecule has 4 heteroatoms. The van der Waals surface area contributed by atoms with Crippen LogP contribution in [0.15, 0.2) is 0 Å². The summed E-state index contributed by atoms with van der Waals surface area (Å²) in [5.74, 6) is 0.871. The quantitative estimate of drug-likeness (QED) is 0.783. The lowest BCUT2D eigenvalue weighted by molar-refractivity contribution is 0.186. The van der Waals surface area contributed by atoms with Crippen LogP contribution in [0.3, 0.4) is 0 Å². The molecule has 3 nitrogen and oxygen atoms in total. The number of hydrogen-bond donors (Lipinski definition) is 1. The van der Waals surface area contributed by atoms with Crippen LogP contribution in [-0.2, 0) is 13.0 Å². The SMILES string of the molecule is CCCNCc1sc(CCN2CCCC(C)C2)nc1C. The molecule has 1 fully saturated rings. The Morgan fingerprint density at radius 3 is 3.05 bits per heavy atom. The number of rotatable bonds is 7. The zero-order chi connectivity index (χ0) is 14.4. The van der Waals surface area contributed by atoms with Gasteiger partial charge in [0.1, 0.15) is 0 Å². The third-order valence-electron chi connectivity index (χ3n) is 4.03. The second-order valence-corrected chi connectivity index (χ2v) is 7.26. The lowest BCUT2D eigenvalue weighted by Gasteiger charge is -2.30. The summed E-state index contributed by atoms with van der Waals surface area (Å²) in [6, 6.07) is 0. The molecule has 114 valence electrons. The highest BCUT2D eigenvalue weighted by Gasteiger charge is 2.16. The van der Waals surface area contributed by atoms with Gasteiger partial charge in [0, 0.05) is 30.9 Å². The first kappa shape index (κ1) is 15.9. The summed E-state index contributed by atoms with van der Waals surface area (Å²) in [6.07, 6.45) is 5.08. The van der Waals surface area contributed by atoms with Crippen LogP contribution >= 0.6 is 11.3 Å². The maximum atomic E-state index is 4.74. The number of nitrogens with one attached hydrogen (secondary N) is 1. The molecule has 0 spiro atoms. The van der Waals surface area contributed by atoms with Gasteiger partial charge in [0.15, 0.2) is 0 Å². The predicted molar refractivity (Wildman–Crippen MR) is 87.4 cm³/mol. The fraction of sp³-hybridized carbons (Fsp3) is 0.812. The number of aromatic nitrogens is 1. The van der Waals surface area contributed by atoms with Gasteiger partial charge in [-0.25, -0.2) is 4.98 Å². The van der Waals surface area contributed by atoms with E-state index in [1.54, 1.807) is 0 Å². The minimum atomic E-state index is 0.871. The molecule has 2 heterocycles. The summed E-state index contributed by atoms with van der Waals surface area (Å²) in [5.41, 5.74) is 1.22. The maximum Gasteiger partial charge on any atom is 0.0944 e. The first-order valence-electron chi connectivity index (χ1n) is 8.07. The number of piperidine rings is 1. The number of aryl methyl sites for hydroxylation is 1. The molecular formula is C16H29N3S. The molecule has 1 aromatic heterocycles. The summed E-state index contributed by atoms with van der Waals surface area (Å²) < 4.78 is 0. The van der Waals surface area contributed by atoms with Crippen LogP contribution in [0, 0.1) is 12.8 Å².